The lowest BCUT2D eigenvalue weighted by atomic mass is 10.2. The van der Waals surface area contributed by atoms with E-state index in [1.807, 2.05) is 0 Å². The van der Waals surface area contributed by atoms with Crippen molar-refractivity contribution < 1.29 is 19.3 Å². The molecule has 5 heteroatoms. The van der Waals surface area contributed by atoms with Crippen LogP contribution in [0.25, 0.3) is 0 Å². The lowest BCUT2D eigenvalue weighted by molar-refractivity contribution is -0.458. The van der Waals surface area contributed by atoms with Crippen LogP contribution in [-0.2, 0) is 9.59 Å². The average Bonchev–Trinajstić information content (AvgIpc) is 2.34. The molecule has 86 valence electrons. The van der Waals surface area contributed by atoms with Crippen molar-refractivity contribution in [2.24, 2.45) is 0 Å². The van der Waals surface area contributed by atoms with Crippen LogP contribution in [0.1, 0.15) is 0 Å². The van der Waals surface area contributed by atoms with Gasteiger partial charge in [0, 0.05) is 20.3 Å². The molecule has 0 unspecified atom stereocenters. The first-order chi connectivity index (χ1) is 7.34. The number of aliphatic hydroxyl groups excluding tert-OH is 1. The van der Waals surface area contributed by atoms with Crippen LogP contribution in [0.5, 0.6) is 0 Å². The third-order valence-electron chi connectivity index (χ3n) is 1.98. The van der Waals surface area contributed by atoms with E-state index in [0.29, 0.717) is 0 Å². The molecule has 0 spiro atoms. The van der Waals surface area contributed by atoms with Gasteiger partial charge in [-0.15, -0.1) is 0 Å². The van der Waals surface area contributed by atoms with Crippen LogP contribution < -0.4 is 0 Å². The smallest absolute Gasteiger partial charge is 0.243 e. The topological polar surface area (TPSA) is 60.6 Å². The zero-order chi connectivity index (χ0) is 12.5. The Morgan fingerprint density at radius 3 is 2.19 bits per heavy atom. The number of ketones is 2. The van der Waals surface area contributed by atoms with Gasteiger partial charge in [0.2, 0.25) is 11.6 Å². The molecule has 16 heavy (non-hydrogen) atoms. The largest absolute Gasteiger partial charge is 0.506 e. The highest BCUT2D eigenvalue weighted by atomic mass is 16.3. The van der Waals surface area contributed by atoms with E-state index >= 15 is 0 Å². The highest BCUT2D eigenvalue weighted by Gasteiger charge is 2.37. The molecule has 1 N–H and O–H groups in total. The fourth-order valence-corrected chi connectivity index (χ4v) is 1.36. The van der Waals surface area contributed by atoms with Crippen molar-refractivity contribution in [1.82, 2.24) is 4.90 Å². The number of hydrogen-bond donors (Lipinski definition) is 1. The Kier molecular flexibility index (Phi) is 3.27. The molecular weight excluding hydrogens is 208 g/mol. The molecule has 0 aliphatic heterocycles. The Balaban J connectivity index is 3.28. The Morgan fingerprint density at radius 1 is 1.19 bits per heavy atom. The minimum absolute atomic E-state index is 0.0445. The number of allylic oxidation sites excluding steroid dienone is 2. The molecule has 0 heterocycles. The predicted molar refractivity (Wildman–Crippen MR) is 59.6 cm³/mol. The van der Waals surface area contributed by atoms with E-state index < -0.39 is 11.6 Å². The summed E-state index contributed by atoms with van der Waals surface area (Å²) >= 11 is 0. The lowest BCUT2D eigenvalue weighted by Gasteiger charge is -2.05. The van der Waals surface area contributed by atoms with Gasteiger partial charge in [-0.1, -0.05) is 0 Å². The lowest BCUT2D eigenvalue weighted by Crippen LogP contribution is -2.14. The summed E-state index contributed by atoms with van der Waals surface area (Å²) in [5, 5.41) is 9.77. The molecule has 1 rings (SSSR count). The molecule has 0 aromatic heterocycles. The first-order valence-corrected chi connectivity index (χ1v) is 4.76. The fourth-order valence-electron chi connectivity index (χ4n) is 1.36. The van der Waals surface area contributed by atoms with Gasteiger partial charge in [-0.25, -0.2) is 4.58 Å². The maximum atomic E-state index is 11.6. The number of carbonyl (C=O) groups is 2. The molecule has 0 saturated carbocycles. The zero-order valence-corrected chi connectivity index (χ0v) is 9.81. The molecular formula is C11H15N2O3+. The number of nitrogens with zero attached hydrogens (tertiary/aromatic N) is 2. The van der Waals surface area contributed by atoms with Gasteiger partial charge < -0.3 is 10.0 Å². The Hall–Kier alpha value is -1.91. The Labute approximate surface area is 94.0 Å². The third kappa shape index (κ3) is 2.18. The van der Waals surface area contributed by atoms with Gasteiger partial charge in [0.25, 0.3) is 0 Å². The highest BCUT2D eigenvalue weighted by Crippen LogP contribution is 2.22. The van der Waals surface area contributed by atoms with Crippen LogP contribution in [0.2, 0.25) is 0 Å². The van der Waals surface area contributed by atoms with E-state index in [-0.39, 0.29) is 16.9 Å². The van der Waals surface area contributed by atoms with Crippen molar-refractivity contribution in [3.8, 4) is 0 Å². The third-order valence-corrected chi connectivity index (χ3v) is 1.98. The van der Waals surface area contributed by atoms with Crippen molar-refractivity contribution in [1.29, 1.82) is 0 Å². The summed E-state index contributed by atoms with van der Waals surface area (Å²) in [5.41, 5.74) is 0.0891. The molecule has 1 aliphatic rings. The molecule has 0 fully saturated rings. The Morgan fingerprint density at radius 2 is 1.75 bits per heavy atom. The minimum Gasteiger partial charge on any atom is -0.506 e. The first-order valence-electron chi connectivity index (χ1n) is 4.76. The van der Waals surface area contributed by atoms with Crippen molar-refractivity contribution in [3.63, 3.8) is 0 Å². The fraction of sp³-hybridized carbons (Fsp3) is 0.364. The number of Topliss-reactive ketones (excluding diaryl/α,β-unsaturated/α-hetero) is 2. The summed E-state index contributed by atoms with van der Waals surface area (Å²) in [6.07, 6.45) is 2.87. The summed E-state index contributed by atoms with van der Waals surface area (Å²) in [7, 11) is 6.86. The molecule has 5 nitrogen and oxygen atoms in total. The molecule has 0 atom stereocenters. The maximum absolute atomic E-state index is 11.6. The van der Waals surface area contributed by atoms with Crippen molar-refractivity contribution in [3.05, 3.63) is 23.1 Å². The molecule has 1 aliphatic carbocycles. The monoisotopic (exact) mass is 223 g/mol. The van der Waals surface area contributed by atoms with Crippen molar-refractivity contribution in [2.45, 2.75) is 0 Å². The van der Waals surface area contributed by atoms with Crippen LogP contribution in [0.4, 0.5) is 0 Å². The van der Waals surface area contributed by atoms with Gasteiger partial charge in [-0.2, -0.15) is 0 Å². The number of aliphatic hydroxyl groups is 1. The standard InChI is InChI=1S/C11H14N2O3/c1-12(2)5-7-9(14)8(6-13(3)4)11(16)10(7)15/h5-6H,1-4H3/p+1/b7-5-. The number of hydrogen-bond acceptors (Lipinski definition) is 4. The van der Waals surface area contributed by atoms with Crippen LogP contribution >= 0.6 is 0 Å². The molecule has 0 bridgehead atoms. The van der Waals surface area contributed by atoms with E-state index in [4.69, 9.17) is 0 Å². The van der Waals surface area contributed by atoms with Gasteiger partial charge in [-0.3, -0.25) is 9.59 Å². The Bertz CT molecular complexity index is 438. The second kappa shape index (κ2) is 4.30. The summed E-state index contributed by atoms with van der Waals surface area (Å²) in [5.74, 6) is -1.59. The molecule has 0 aromatic rings. The SMILES string of the molecule is CN(C)/C=C1\C(=O)C(=O)C(C=[N+](C)C)=C1O. The maximum Gasteiger partial charge on any atom is 0.243 e. The van der Waals surface area contributed by atoms with Gasteiger partial charge in [0.1, 0.15) is 25.4 Å². The van der Waals surface area contributed by atoms with E-state index in [0.717, 1.165) is 0 Å². The van der Waals surface area contributed by atoms with Gasteiger partial charge in [0.05, 0.1) is 5.57 Å². The van der Waals surface area contributed by atoms with Gasteiger partial charge in [-0.05, 0) is 0 Å². The second-order valence-corrected chi connectivity index (χ2v) is 4.02. The summed E-state index contributed by atoms with van der Waals surface area (Å²) in [6, 6.07) is 0. The van der Waals surface area contributed by atoms with E-state index in [1.165, 1.54) is 12.4 Å². The summed E-state index contributed by atoms with van der Waals surface area (Å²) in [6.45, 7) is 0. The molecule has 0 aromatic carbocycles. The van der Waals surface area contributed by atoms with E-state index in [1.54, 1.807) is 37.7 Å². The molecule has 0 amide bonds. The van der Waals surface area contributed by atoms with Crippen LogP contribution in [0.3, 0.4) is 0 Å². The van der Waals surface area contributed by atoms with E-state index in [2.05, 4.69) is 0 Å². The van der Waals surface area contributed by atoms with Gasteiger partial charge >= 0.3 is 0 Å². The van der Waals surface area contributed by atoms with Crippen LogP contribution in [-0.4, -0.2) is 60.6 Å². The molecule has 0 saturated heterocycles. The van der Waals surface area contributed by atoms with Crippen LogP contribution in [0.15, 0.2) is 23.1 Å². The van der Waals surface area contributed by atoms with Crippen molar-refractivity contribution >= 4 is 17.8 Å². The zero-order valence-electron chi connectivity index (χ0n) is 9.81. The quantitative estimate of drug-likeness (QED) is 0.303. The summed E-state index contributed by atoms with van der Waals surface area (Å²) in [4.78, 5) is 24.7. The van der Waals surface area contributed by atoms with E-state index in [9.17, 15) is 14.7 Å². The van der Waals surface area contributed by atoms with Crippen LogP contribution in [0, 0.1) is 0 Å². The number of carbonyl (C=O) groups excluding carboxylic acids is 2. The van der Waals surface area contributed by atoms with Gasteiger partial charge in [0.15, 0.2) is 6.21 Å². The number of rotatable bonds is 2. The first kappa shape index (κ1) is 12.2. The molecule has 0 radical (unpaired) electrons. The normalized spacial score (nSPS) is 18.4. The highest BCUT2D eigenvalue weighted by molar-refractivity contribution is 6.56. The minimum atomic E-state index is -0.667. The van der Waals surface area contributed by atoms with Crippen molar-refractivity contribution in [2.75, 3.05) is 28.2 Å². The average molecular weight is 223 g/mol. The predicted octanol–water partition coefficient (Wildman–Crippen LogP) is -0.261. The summed E-state index contributed by atoms with van der Waals surface area (Å²) < 4.78 is 1.61. The second-order valence-electron chi connectivity index (χ2n) is 4.02.